The van der Waals surface area contributed by atoms with E-state index in [2.05, 4.69) is 10.1 Å². The van der Waals surface area contributed by atoms with Gasteiger partial charge in [-0.2, -0.15) is 5.10 Å². The van der Waals surface area contributed by atoms with E-state index in [4.69, 9.17) is 4.74 Å². The van der Waals surface area contributed by atoms with Gasteiger partial charge in [0.1, 0.15) is 12.4 Å². The number of hydrogen-bond donors (Lipinski definition) is 0. The highest BCUT2D eigenvalue weighted by molar-refractivity contribution is 5.33. The van der Waals surface area contributed by atoms with E-state index in [1.165, 1.54) is 0 Å². The van der Waals surface area contributed by atoms with Crippen molar-refractivity contribution in [3.8, 4) is 11.4 Å². The van der Waals surface area contributed by atoms with Gasteiger partial charge in [-0.05, 0) is 44.2 Å². The lowest BCUT2D eigenvalue weighted by Crippen LogP contribution is -2.05. The zero-order chi connectivity index (χ0) is 14.7. The number of rotatable bonds is 4. The molecule has 3 rings (SSSR count). The number of aryl methyl sites for hydroxylation is 2. The first kappa shape index (κ1) is 13.4. The maximum absolute atomic E-state index is 5.80. The minimum Gasteiger partial charge on any atom is -0.486 e. The van der Waals surface area contributed by atoms with E-state index in [-0.39, 0.29) is 0 Å². The van der Waals surface area contributed by atoms with E-state index in [0.29, 0.717) is 6.61 Å². The van der Waals surface area contributed by atoms with Crippen LogP contribution in [0.4, 0.5) is 0 Å². The Morgan fingerprint density at radius 2 is 1.81 bits per heavy atom. The molecule has 2 aromatic heterocycles. The number of para-hydroxylation sites is 1. The molecule has 0 aliphatic carbocycles. The first-order valence-electron chi connectivity index (χ1n) is 6.89. The Labute approximate surface area is 124 Å². The largest absolute Gasteiger partial charge is 0.486 e. The van der Waals surface area contributed by atoms with Crippen LogP contribution in [0.25, 0.3) is 5.69 Å². The highest BCUT2D eigenvalue weighted by atomic mass is 16.5. The van der Waals surface area contributed by atoms with Crippen molar-refractivity contribution in [3.63, 3.8) is 0 Å². The monoisotopic (exact) mass is 279 g/mol. The summed E-state index contributed by atoms with van der Waals surface area (Å²) < 4.78 is 7.71. The molecular weight excluding hydrogens is 262 g/mol. The minimum absolute atomic E-state index is 0.459. The van der Waals surface area contributed by atoms with Gasteiger partial charge in [0.15, 0.2) is 0 Å². The lowest BCUT2D eigenvalue weighted by molar-refractivity contribution is 0.296. The van der Waals surface area contributed by atoms with Crippen LogP contribution in [0.3, 0.4) is 0 Å². The summed E-state index contributed by atoms with van der Waals surface area (Å²) in [4.78, 5) is 4.23. The summed E-state index contributed by atoms with van der Waals surface area (Å²) >= 11 is 0. The molecule has 3 aromatic rings. The molecule has 0 amide bonds. The molecule has 106 valence electrons. The van der Waals surface area contributed by atoms with Crippen LogP contribution in [0, 0.1) is 13.8 Å². The molecule has 0 radical (unpaired) electrons. The maximum Gasteiger partial charge on any atom is 0.138 e. The Balaban J connectivity index is 1.81. The van der Waals surface area contributed by atoms with E-state index in [1.54, 1.807) is 6.20 Å². The summed E-state index contributed by atoms with van der Waals surface area (Å²) in [6.07, 6.45) is 1.74. The second kappa shape index (κ2) is 5.79. The van der Waals surface area contributed by atoms with E-state index in [9.17, 15) is 0 Å². The number of ether oxygens (including phenoxy) is 1. The van der Waals surface area contributed by atoms with Crippen LogP contribution in [0.2, 0.25) is 0 Å². The van der Waals surface area contributed by atoms with Gasteiger partial charge in [0.25, 0.3) is 0 Å². The summed E-state index contributed by atoms with van der Waals surface area (Å²) in [5.41, 5.74) is 4.00. The van der Waals surface area contributed by atoms with E-state index in [0.717, 1.165) is 28.5 Å². The van der Waals surface area contributed by atoms with Gasteiger partial charge in [0.05, 0.1) is 23.3 Å². The standard InChI is InChI=1S/C17H17N3O/c1-13-8-9-17(11-18-13)21-12-16-10-14(2)19-20(16)15-6-4-3-5-7-15/h3-11H,12H2,1-2H3. The third-order valence-corrected chi connectivity index (χ3v) is 3.18. The summed E-state index contributed by atoms with van der Waals surface area (Å²) in [5.74, 6) is 0.763. The number of aromatic nitrogens is 3. The predicted molar refractivity (Wildman–Crippen MR) is 81.6 cm³/mol. The van der Waals surface area contributed by atoms with Crippen LogP contribution in [0.1, 0.15) is 17.1 Å². The molecule has 0 N–H and O–H groups in total. The van der Waals surface area contributed by atoms with Crippen LogP contribution in [0.15, 0.2) is 54.7 Å². The summed E-state index contributed by atoms with van der Waals surface area (Å²) in [5, 5.41) is 4.53. The van der Waals surface area contributed by atoms with Gasteiger partial charge in [-0.1, -0.05) is 18.2 Å². The van der Waals surface area contributed by atoms with Crippen molar-refractivity contribution in [2.45, 2.75) is 20.5 Å². The zero-order valence-electron chi connectivity index (χ0n) is 12.2. The summed E-state index contributed by atoms with van der Waals surface area (Å²) in [7, 11) is 0. The van der Waals surface area contributed by atoms with E-state index >= 15 is 0 Å². The lowest BCUT2D eigenvalue weighted by atomic mass is 10.3. The highest BCUT2D eigenvalue weighted by Gasteiger charge is 2.08. The van der Waals surface area contributed by atoms with Crippen LogP contribution in [0.5, 0.6) is 5.75 Å². The van der Waals surface area contributed by atoms with Crippen molar-refractivity contribution in [1.29, 1.82) is 0 Å². The summed E-state index contributed by atoms with van der Waals surface area (Å²) in [6.45, 7) is 4.40. The smallest absolute Gasteiger partial charge is 0.138 e. The molecule has 0 bridgehead atoms. The van der Waals surface area contributed by atoms with Gasteiger partial charge < -0.3 is 4.74 Å². The summed E-state index contributed by atoms with van der Waals surface area (Å²) in [6, 6.07) is 16.0. The average molecular weight is 279 g/mol. The number of hydrogen-bond acceptors (Lipinski definition) is 3. The van der Waals surface area contributed by atoms with E-state index < -0.39 is 0 Å². The Bertz CT molecular complexity index is 718. The first-order chi connectivity index (χ1) is 10.2. The third-order valence-electron chi connectivity index (χ3n) is 3.18. The van der Waals surface area contributed by atoms with Crippen molar-refractivity contribution in [3.05, 3.63) is 71.8 Å². The SMILES string of the molecule is Cc1ccc(OCc2cc(C)nn2-c2ccccc2)cn1. The van der Waals surface area contributed by atoms with Gasteiger partial charge in [0, 0.05) is 5.69 Å². The van der Waals surface area contributed by atoms with Crippen molar-refractivity contribution >= 4 is 0 Å². The molecule has 21 heavy (non-hydrogen) atoms. The molecule has 0 saturated heterocycles. The molecule has 0 unspecified atom stereocenters. The third kappa shape index (κ3) is 3.11. The molecule has 0 atom stereocenters. The normalized spacial score (nSPS) is 10.6. The second-order valence-electron chi connectivity index (χ2n) is 4.95. The Morgan fingerprint density at radius 1 is 1.00 bits per heavy atom. The fourth-order valence-corrected chi connectivity index (χ4v) is 2.15. The fourth-order valence-electron chi connectivity index (χ4n) is 2.15. The second-order valence-corrected chi connectivity index (χ2v) is 4.95. The molecule has 4 nitrogen and oxygen atoms in total. The molecule has 0 aliphatic rings. The molecule has 1 aromatic carbocycles. The first-order valence-corrected chi connectivity index (χ1v) is 6.89. The minimum atomic E-state index is 0.459. The fraction of sp³-hybridized carbons (Fsp3) is 0.176. The molecule has 0 fully saturated rings. The predicted octanol–water partition coefficient (Wildman–Crippen LogP) is 3.46. The number of benzene rings is 1. The van der Waals surface area contributed by atoms with Crippen molar-refractivity contribution in [2.75, 3.05) is 0 Å². The Hall–Kier alpha value is -2.62. The van der Waals surface area contributed by atoms with Gasteiger partial charge in [-0.15, -0.1) is 0 Å². The van der Waals surface area contributed by atoms with Crippen LogP contribution >= 0.6 is 0 Å². The van der Waals surface area contributed by atoms with Crippen molar-refractivity contribution in [2.24, 2.45) is 0 Å². The van der Waals surface area contributed by atoms with Gasteiger partial charge in [-0.25, -0.2) is 4.68 Å². The number of nitrogens with zero attached hydrogens (tertiary/aromatic N) is 3. The lowest BCUT2D eigenvalue weighted by Gasteiger charge is -2.09. The molecule has 0 saturated carbocycles. The van der Waals surface area contributed by atoms with Gasteiger partial charge in [-0.3, -0.25) is 4.98 Å². The highest BCUT2D eigenvalue weighted by Crippen LogP contribution is 2.16. The molecule has 4 heteroatoms. The topological polar surface area (TPSA) is 39.9 Å². The van der Waals surface area contributed by atoms with Crippen molar-refractivity contribution in [1.82, 2.24) is 14.8 Å². The molecule has 0 spiro atoms. The average Bonchev–Trinajstić information content (AvgIpc) is 2.89. The van der Waals surface area contributed by atoms with Crippen LogP contribution < -0.4 is 4.74 Å². The van der Waals surface area contributed by atoms with Crippen LogP contribution in [-0.4, -0.2) is 14.8 Å². The van der Waals surface area contributed by atoms with E-state index in [1.807, 2.05) is 67.1 Å². The molecule has 0 aliphatic heterocycles. The molecule has 2 heterocycles. The van der Waals surface area contributed by atoms with Gasteiger partial charge in [0.2, 0.25) is 0 Å². The van der Waals surface area contributed by atoms with Gasteiger partial charge >= 0.3 is 0 Å². The van der Waals surface area contributed by atoms with Crippen LogP contribution in [-0.2, 0) is 6.61 Å². The van der Waals surface area contributed by atoms with Crippen molar-refractivity contribution < 1.29 is 4.74 Å². The zero-order valence-corrected chi connectivity index (χ0v) is 12.2. The number of pyridine rings is 1. The molecular formula is C17H17N3O. The Morgan fingerprint density at radius 3 is 2.52 bits per heavy atom. The quantitative estimate of drug-likeness (QED) is 0.734. The Kier molecular flexibility index (Phi) is 3.69. The maximum atomic E-state index is 5.80.